The molecule has 2 heterocycles. The lowest BCUT2D eigenvalue weighted by Crippen LogP contribution is -2.38. The number of methoxy groups -OCH3 is 1. The summed E-state index contributed by atoms with van der Waals surface area (Å²) < 4.78 is 5.43. The van der Waals surface area contributed by atoms with E-state index in [4.69, 9.17) is 4.74 Å². The highest BCUT2D eigenvalue weighted by atomic mass is 16.5. The van der Waals surface area contributed by atoms with Gasteiger partial charge in [0.1, 0.15) is 5.82 Å². The molecule has 104 valence electrons. The second-order valence-electron chi connectivity index (χ2n) is 5.35. The van der Waals surface area contributed by atoms with Gasteiger partial charge in [-0.05, 0) is 19.3 Å². The molecule has 1 saturated carbocycles. The van der Waals surface area contributed by atoms with E-state index in [2.05, 4.69) is 20.2 Å². The SMILES string of the molecule is CO[C@@H]1CC(c2ncc[nH]2)N(CC(=O)NC2CC2)C1. The minimum atomic E-state index is 0.107. The fourth-order valence-corrected chi connectivity index (χ4v) is 2.64. The molecule has 6 heteroatoms. The van der Waals surface area contributed by atoms with Crippen molar-refractivity contribution in [3.63, 3.8) is 0 Å². The molecule has 19 heavy (non-hydrogen) atoms. The van der Waals surface area contributed by atoms with Gasteiger partial charge in [-0.25, -0.2) is 4.98 Å². The van der Waals surface area contributed by atoms with Crippen molar-refractivity contribution in [2.45, 2.75) is 37.5 Å². The van der Waals surface area contributed by atoms with Crippen LogP contribution in [0, 0.1) is 0 Å². The molecule has 2 atom stereocenters. The van der Waals surface area contributed by atoms with Gasteiger partial charge in [0.15, 0.2) is 0 Å². The Hall–Kier alpha value is -1.40. The Morgan fingerprint density at radius 2 is 2.47 bits per heavy atom. The quantitative estimate of drug-likeness (QED) is 0.810. The summed E-state index contributed by atoms with van der Waals surface area (Å²) in [6, 6.07) is 0.556. The van der Waals surface area contributed by atoms with Crippen molar-refractivity contribution in [3.05, 3.63) is 18.2 Å². The zero-order valence-electron chi connectivity index (χ0n) is 11.1. The van der Waals surface area contributed by atoms with Gasteiger partial charge >= 0.3 is 0 Å². The molecule has 0 aromatic carbocycles. The molecule has 2 fully saturated rings. The number of nitrogens with one attached hydrogen (secondary N) is 2. The predicted molar refractivity (Wildman–Crippen MR) is 69.5 cm³/mol. The van der Waals surface area contributed by atoms with Crippen LogP contribution in [0.5, 0.6) is 0 Å². The summed E-state index contributed by atoms with van der Waals surface area (Å²) in [5, 5.41) is 3.03. The van der Waals surface area contributed by atoms with Crippen LogP contribution < -0.4 is 5.32 Å². The monoisotopic (exact) mass is 264 g/mol. The van der Waals surface area contributed by atoms with E-state index in [1.165, 1.54) is 0 Å². The normalized spacial score (nSPS) is 27.6. The van der Waals surface area contributed by atoms with E-state index >= 15 is 0 Å². The maximum absolute atomic E-state index is 11.9. The van der Waals surface area contributed by atoms with E-state index in [1.807, 2.05) is 6.20 Å². The number of rotatable bonds is 5. The maximum atomic E-state index is 11.9. The number of imidazole rings is 1. The molecule has 1 aromatic rings. The lowest BCUT2D eigenvalue weighted by molar-refractivity contribution is -0.122. The molecule has 6 nitrogen and oxygen atoms in total. The number of amides is 1. The van der Waals surface area contributed by atoms with Crippen molar-refractivity contribution in [2.24, 2.45) is 0 Å². The third-order valence-electron chi connectivity index (χ3n) is 3.82. The van der Waals surface area contributed by atoms with Gasteiger partial charge in [0.25, 0.3) is 0 Å². The third kappa shape index (κ3) is 2.96. The first-order valence-electron chi connectivity index (χ1n) is 6.81. The topological polar surface area (TPSA) is 70.2 Å². The molecular weight excluding hydrogens is 244 g/mol. The van der Waals surface area contributed by atoms with Crippen molar-refractivity contribution in [2.75, 3.05) is 20.2 Å². The molecule has 0 radical (unpaired) electrons. The first kappa shape index (κ1) is 12.6. The Kier molecular flexibility index (Phi) is 3.52. The number of aromatic nitrogens is 2. The number of carbonyl (C=O) groups is 1. The standard InChI is InChI=1S/C13H20N4O2/c1-19-10-6-11(13-14-4-5-15-13)17(7-10)8-12(18)16-9-2-3-9/h4-5,9-11H,2-3,6-8H2,1H3,(H,14,15)(H,16,18)/t10-,11?/m1/s1. The van der Waals surface area contributed by atoms with Gasteiger partial charge in [0, 0.05) is 32.1 Å². The number of aromatic amines is 1. The highest BCUT2D eigenvalue weighted by Crippen LogP contribution is 2.31. The van der Waals surface area contributed by atoms with Crippen LogP contribution in [-0.2, 0) is 9.53 Å². The van der Waals surface area contributed by atoms with Crippen molar-refractivity contribution < 1.29 is 9.53 Å². The van der Waals surface area contributed by atoms with E-state index in [9.17, 15) is 4.79 Å². The number of ether oxygens (including phenoxy) is 1. The van der Waals surface area contributed by atoms with Gasteiger partial charge < -0.3 is 15.0 Å². The molecule has 1 amide bonds. The molecule has 0 bridgehead atoms. The number of hydrogen-bond donors (Lipinski definition) is 2. The lowest BCUT2D eigenvalue weighted by Gasteiger charge is -2.21. The maximum Gasteiger partial charge on any atom is 0.234 e. The Morgan fingerprint density at radius 1 is 1.63 bits per heavy atom. The third-order valence-corrected chi connectivity index (χ3v) is 3.82. The summed E-state index contributed by atoms with van der Waals surface area (Å²) in [6.07, 6.45) is 6.85. The minimum Gasteiger partial charge on any atom is -0.380 e. The van der Waals surface area contributed by atoms with Crippen LogP contribution in [0.25, 0.3) is 0 Å². The molecule has 1 unspecified atom stereocenters. The van der Waals surface area contributed by atoms with Crippen LogP contribution in [0.4, 0.5) is 0 Å². The number of H-pyrrole nitrogens is 1. The van der Waals surface area contributed by atoms with Crippen LogP contribution in [-0.4, -0.2) is 53.1 Å². The summed E-state index contributed by atoms with van der Waals surface area (Å²) >= 11 is 0. The van der Waals surface area contributed by atoms with Gasteiger partial charge in [0.2, 0.25) is 5.91 Å². The molecule has 0 spiro atoms. The Labute approximate surface area is 112 Å². The number of carbonyl (C=O) groups excluding carboxylic acids is 1. The van der Waals surface area contributed by atoms with Gasteiger partial charge in [-0.3, -0.25) is 9.69 Å². The predicted octanol–water partition coefficient (Wildman–Crippen LogP) is 0.450. The average Bonchev–Trinajstić information content (AvgIpc) is 2.93. The lowest BCUT2D eigenvalue weighted by atomic mass is 10.2. The van der Waals surface area contributed by atoms with Crippen molar-refractivity contribution in [3.8, 4) is 0 Å². The van der Waals surface area contributed by atoms with Gasteiger partial charge in [-0.2, -0.15) is 0 Å². The largest absolute Gasteiger partial charge is 0.380 e. The van der Waals surface area contributed by atoms with Gasteiger partial charge in [-0.15, -0.1) is 0 Å². The molecular formula is C13H20N4O2. The molecule has 1 saturated heterocycles. The van der Waals surface area contributed by atoms with Gasteiger partial charge in [0.05, 0.1) is 18.7 Å². The number of hydrogen-bond acceptors (Lipinski definition) is 4. The van der Waals surface area contributed by atoms with E-state index in [0.717, 1.165) is 31.6 Å². The van der Waals surface area contributed by atoms with Crippen LogP contribution in [0.2, 0.25) is 0 Å². The van der Waals surface area contributed by atoms with Crippen molar-refractivity contribution in [1.82, 2.24) is 20.2 Å². The smallest absolute Gasteiger partial charge is 0.234 e. The average molecular weight is 264 g/mol. The Morgan fingerprint density at radius 3 is 3.11 bits per heavy atom. The molecule has 3 rings (SSSR count). The number of likely N-dealkylation sites (tertiary alicyclic amines) is 1. The highest BCUT2D eigenvalue weighted by molar-refractivity contribution is 5.78. The van der Waals surface area contributed by atoms with Crippen LogP contribution in [0.15, 0.2) is 12.4 Å². The van der Waals surface area contributed by atoms with Crippen LogP contribution in [0.1, 0.15) is 31.1 Å². The molecule has 1 aliphatic heterocycles. The highest BCUT2D eigenvalue weighted by Gasteiger charge is 2.36. The van der Waals surface area contributed by atoms with E-state index in [1.54, 1.807) is 13.3 Å². The van der Waals surface area contributed by atoms with E-state index < -0.39 is 0 Å². The van der Waals surface area contributed by atoms with Crippen molar-refractivity contribution >= 4 is 5.91 Å². The summed E-state index contributed by atoms with van der Waals surface area (Å²) in [7, 11) is 1.72. The fraction of sp³-hybridized carbons (Fsp3) is 0.692. The number of nitrogens with zero attached hydrogens (tertiary/aromatic N) is 2. The zero-order chi connectivity index (χ0) is 13.2. The molecule has 1 aliphatic carbocycles. The second-order valence-corrected chi connectivity index (χ2v) is 5.35. The second kappa shape index (κ2) is 5.30. The molecule has 1 aromatic heterocycles. The minimum absolute atomic E-state index is 0.107. The first-order chi connectivity index (χ1) is 9.26. The van der Waals surface area contributed by atoms with E-state index in [0.29, 0.717) is 12.6 Å². The summed E-state index contributed by atoms with van der Waals surface area (Å²) in [5.41, 5.74) is 0. The van der Waals surface area contributed by atoms with Crippen molar-refractivity contribution in [1.29, 1.82) is 0 Å². The Bertz CT molecular complexity index is 430. The zero-order valence-corrected chi connectivity index (χ0v) is 11.1. The van der Waals surface area contributed by atoms with Gasteiger partial charge in [-0.1, -0.05) is 0 Å². The van der Waals surface area contributed by atoms with Crippen LogP contribution >= 0.6 is 0 Å². The summed E-state index contributed by atoms with van der Waals surface area (Å²) in [6.45, 7) is 1.20. The Balaban J connectivity index is 1.64. The van der Waals surface area contributed by atoms with Crippen LogP contribution in [0.3, 0.4) is 0 Å². The fourth-order valence-electron chi connectivity index (χ4n) is 2.64. The molecule has 2 N–H and O–H groups in total. The van der Waals surface area contributed by atoms with E-state index in [-0.39, 0.29) is 18.1 Å². The summed E-state index contributed by atoms with van der Waals surface area (Å²) in [5.74, 6) is 1.02. The molecule has 2 aliphatic rings. The first-order valence-corrected chi connectivity index (χ1v) is 6.81. The summed E-state index contributed by atoms with van der Waals surface area (Å²) in [4.78, 5) is 21.5.